The first-order chi connectivity index (χ1) is 14.3. The SMILES string of the molecule is CCN(CC)S(=O)(=O)c1cc(C(=O)Nc2cccc(C(=O)NC3CC3)c2)ccc1C. The molecule has 1 saturated carbocycles. The number of amides is 2. The van der Waals surface area contributed by atoms with Gasteiger partial charge in [0.15, 0.2) is 0 Å². The Morgan fingerprint density at radius 3 is 2.30 bits per heavy atom. The zero-order chi connectivity index (χ0) is 21.9. The van der Waals surface area contributed by atoms with Gasteiger partial charge in [0.2, 0.25) is 10.0 Å². The van der Waals surface area contributed by atoms with Gasteiger partial charge in [0.1, 0.15) is 0 Å². The third-order valence-electron chi connectivity index (χ3n) is 5.07. The maximum Gasteiger partial charge on any atom is 0.255 e. The monoisotopic (exact) mass is 429 g/mol. The van der Waals surface area contributed by atoms with E-state index in [1.807, 2.05) is 0 Å². The fraction of sp³-hybridized carbons (Fsp3) is 0.364. The van der Waals surface area contributed by atoms with Gasteiger partial charge >= 0.3 is 0 Å². The molecular weight excluding hydrogens is 402 g/mol. The van der Waals surface area contributed by atoms with E-state index in [0.29, 0.717) is 29.9 Å². The molecule has 2 amide bonds. The van der Waals surface area contributed by atoms with E-state index < -0.39 is 15.9 Å². The van der Waals surface area contributed by atoms with Crippen molar-refractivity contribution >= 4 is 27.5 Å². The summed E-state index contributed by atoms with van der Waals surface area (Å²) in [5, 5.41) is 5.66. The van der Waals surface area contributed by atoms with E-state index in [1.54, 1.807) is 57.2 Å². The molecule has 8 heteroatoms. The predicted octanol–water partition coefficient (Wildman–Crippen LogP) is 3.17. The topological polar surface area (TPSA) is 95.6 Å². The van der Waals surface area contributed by atoms with Gasteiger partial charge in [-0.1, -0.05) is 26.0 Å². The van der Waals surface area contributed by atoms with E-state index in [0.717, 1.165) is 12.8 Å². The lowest BCUT2D eigenvalue weighted by atomic mass is 10.1. The second kappa shape index (κ2) is 8.97. The largest absolute Gasteiger partial charge is 0.349 e. The van der Waals surface area contributed by atoms with Crippen LogP contribution in [-0.2, 0) is 10.0 Å². The molecule has 0 bridgehead atoms. The second-order valence-corrected chi connectivity index (χ2v) is 9.26. The first-order valence-corrected chi connectivity index (χ1v) is 11.5. The summed E-state index contributed by atoms with van der Waals surface area (Å²) in [5.41, 5.74) is 1.75. The minimum Gasteiger partial charge on any atom is -0.349 e. The van der Waals surface area contributed by atoms with Crippen LogP contribution in [0.2, 0.25) is 0 Å². The molecule has 1 aliphatic carbocycles. The number of aryl methyl sites for hydroxylation is 1. The summed E-state index contributed by atoms with van der Waals surface area (Å²) in [4.78, 5) is 25.1. The summed E-state index contributed by atoms with van der Waals surface area (Å²) in [7, 11) is -3.68. The van der Waals surface area contributed by atoms with Crippen molar-refractivity contribution in [1.82, 2.24) is 9.62 Å². The van der Waals surface area contributed by atoms with E-state index >= 15 is 0 Å². The van der Waals surface area contributed by atoms with Crippen LogP contribution in [0.4, 0.5) is 5.69 Å². The van der Waals surface area contributed by atoms with Crippen LogP contribution in [0.1, 0.15) is 53.0 Å². The fourth-order valence-corrected chi connectivity index (χ4v) is 4.87. The highest BCUT2D eigenvalue weighted by Gasteiger charge is 2.25. The van der Waals surface area contributed by atoms with Crippen LogP contribution in [0.5, 0.6) is 0 Å². The maximum absolute atomic E-state index is 12.9. The number of carbonyl (C=O) groups is 2. The Hall–Kier alpha value is -2.71. The van der Waals surface area contributed by atoms with E-state index in [-0.39, 0.29) is 22.4 Å². The molecule has 1 fully saturated rings. The van der Waals surface area contributed by atoms with Gasteiger partial charge in [0, 0.05) is 35.9 Å². The molecule has 3 rings (SSSR count). The van der Waals surface area contributed by atoms with Gasteiger partial charge in [-0.05, 0) is 55.7 Å². The predicted molar refractivity (Wildman–Crippen MR) is 116 cm³/mol. The van der Waals surface area contributed by atoms with Crippen molar-refractivity contribution < 1.29 is 18.0 Å². The summed E-state index contributed by atoms with van der Waals surface area (Å²) in [6, 6.07) is 11.6. The van der Waals surface area contributed by atoms with Gasteiger partial charge in [-0.25, -0.2) is 8.42 Å². The Bertz CT molecular complexity index is 1060. The second-order valence-electron chi connectivity index (χ2n) is 7.35. The molecule has 0 saturated heterocycles. The number of benzene rings is 2. The Labute approximate surface area is 177 Å². The van der Waals surface area contributed by atoms with Crippen LogP contribution in [0, 0.1) is 6.92 Å². The first kappa shape index (κ1) is 22.0. The molecule has 2 aromatic carbocycles. The Morgan fingerprint density at radius 1 is 1.00 bits per heavy atom. The van der Waals surface area contributed by atoms with Gasteiger partial charge in [0.05, 0.1) is 4.90 Å². The standard InChI is InChI=1S/C22H27N3O4S/c1-4-25(5-2)30(28,29)20-14-17(10-9-15(20)3)22(27)24-19-8-6-7-16(13-19)21(26)23-18-11-12-18/h6-10,13-14,18H,4-5,11-12H2,1-3H3,(H,23,26)(H,24,27). The smallest absolute Gasteiger partial charge is 0.255 e. The minimum absolute atomic E-state index is 0.122. The molecule has 0 aliphatic heterocycles. The molecule has 0 radical (unpaired) electrons. The van der Waals surface area contributed by atoms with Gasteiger partial charge < -0.3 is 10.6 Å². The lowest BCUT2D eigenvalue weighted by Crippen LogP contribution is -2.31. The van der Waals surface area contributed by atoms with Crippen molar-refractivity contribution in [3.05, 3.63) is 59.2 Å². The van der Waals surface area contributed by atoms with E-state index in [1.165, 1.54) is 10.4 Å². The number of nitrogens with zero attached hydrogens (tertiary/aromatic N) is 1. The van der Waals surface area contributed by atoms with Gasteiger partial charge in [0.25, 0.3) is 11.8 Å². The highest BCUT2D eigenvalue weighted by molar-refractivity contribution is 7.89. The minimum atomic E-state index is -3.68. The van der Waals surface area contributed by atoms with Crippen LogP contribution < -0.4 is 10.6 Å². The zero-order valence-electron chi connectivity index (χ0n) is 17.4. The number of hydrogen-bond acceptors (Lipinski definition) is 4. The molecule has 0 atom stereocenters. The number of sulfonamides is 1. The number of nitrogens with one attached hydrogen (secondary N) is 2. The fourth-order valence-electron chi connectivity index (χ4n) is 3.16. The first-order valence-electron chi connectivity index (χ1n) is 10.1. The molecule has 0 spiro atoms. The number of carbonyl (C=O) groups excluding carboxylic acids is 2. The Kier molecular flexibility index (Phi) is 6.58. The molecule has 160 valence electrons. The van der Waals surface area contributed by atoms with E-state index in [9.17, 15) is 18.0 Å². The molecule has 2 aromatic rings. The van der Waals surface area contributed by atoms with Crippen molar-refractivity contribution in [2.75, 3.05) is 18.4 Å². The lowest BCUT2D eigenvalue weighted by Gasteiger charge is -2.20. The molecule has 0 heterocycles. The summed E-state index contributed by atoms with van der Waals surface area (Å²) in [6.07, 6.45) is 1.99. The third kappa shape index (κ3) is 4.88. The molecular formula is C22H27N3O4S. The summed E-state index contributed by atoms with van der Waals surface area (Å²) < 4.78 is 27.2. The third-order valence-corrected chi connectivity index (χ3v) is 7.26. The van der Waals surface area contributed by atoms with E-state index in [2.05, 4.69) is 10.6 Å². The van der Waals surface area contributed by atoms with Crippen molar-refractivity contribution in [3.8, 4) is 0 Å². The summed E-state index contributed by atoms with van der Waals surface area (Å²) >= 11 is 0. The molecule has 0 unspecified atom stereocenters. The molecule has 7 nitrogen and oxygen atoms in total. The van der Waals surface area contributed by atoms with Crippen LogP contribution in [0.25, 0.3) is 0 Å². The van der Waals surface area contributed by atoms with Crippen LogP contribution in [0.3, 0.4) is 0 Å². The molecule has 1 aliphatic rings. The van der Waals surface area contributed by atoms with E-state index in [4.69, 9.17) is 0 Å². The lowest BCUT2D eigenvalue weighted by molar-refractivity contribution is 0.0949. The van der Waals surface area contributed by atoms with Gasteiger partial charge in [-0.2, -0.15) is 4.31 Å². The number of hydrogen-bond donors (Lipinski definition) is 2. The average Bonchev–Trinajstić information content (AvgIpc) is 3.53. The summed E-state index contributed by atoms with van der Waals surface area (Å²) in [5.74, 6) is -0.609. The molecule has 30 heavy (non-hydrogen) atoms. The van der Waals surface area contributed by atoms with Crippen molar-refractivity contribution in [1.29, 1.82) is 0 Å². The van der Waals surface area contributed by atoms with Crippen LogP contribution >= 0.6 is 0 Å². The van der Waals surface area contributed by atoms with Crippen molar-refractivity contribution in [2.24, 2.45) is 0 Å². The number of anilines is 1. The molecule has 2 N–H and O–H groups in total. The van der Waals surface area contributed by atoms with Gasteiger partial charge in [-0.15, -0.1) is 0 Å². The highest BCUT2D eigenvalue weighted by Crippen LogP contribution is 2.23. The summed E-state index contributed by atoms with van der Waals surface area (Å²) in [6.45, 7) is 5.97. The Morgan fingerprint density at radius 2 is 1.67 bits per heavy atom. The maximum atomic E-state index is 12.9. The quantitative estimate of drug-likeness (QED) is 0.674. The van der Waals surface area contributed by atoms with Crippen LogP contribution in [0.15, 0.2) is 47.4 Å². The molecule has 0 aromatic heterocycles. The average molecular weight is 430 g/mol. The Balaban J connectivity index is 1.82. The highest BCUT2D eigenvalue weighted by atomic mass is 32.2. The van der Waals surface area contributed by atoms with Crippen LogP contribution in [-0.4, -0.2) is 43.7 Å². The van der Waals surface area contributed by atoms with Gasteiger partial charge in [-0.3, -0.25) is 9.59 Å². The number of rotatable bonds is 8. The normalized spacial score (nSPS) is 13.9. The van der Waals surface area contributed by atoms with Crippen molar-refractivity contribution in [3.63, 3.8) is 0 Å². The zero-order valence-corrected chi connectivity index (χ0v) is 18.3. The van der Waals surface area contributed by atoms with Crippen molar-refractivity contribution in [2.45, 2.75) is 44.6 Å².